The van der Waals surface area contributed by atoms with Gasteiger partial charge in [0.15, 0.2) is 0 Å². The van der Waals surface area contributed by atoms with Crippen LogP contribution in [0.1, 0.15) is 12.5 Å². The summed E-state index contributed by atoms with van der Waals surface area (Å²) in [5.41, 5.74) is 1.59. The fraction of sp³-hybridized carbons (Fsp3) is 0.235. The van der Waals surface area contributed by atoms with E-state index < -0.39 is 0 Å². The van der Waals surface area contributed by atoms with Crippen molar-refractivity contribution in [3.63, 3.8) is 0 Å². The van der Waals surface area contributed by atoms with E-state index in [0.717, 1.165) is 18.0 Å². The molecule has 0 aliphatic heterocycles. The zero-order valence-electron chi connectivity index (χ0n) is 11.9. The van der Waals surface area contributed by atoms with Crippen LogP contribution in [0.3, 0.4) is 0 Å². The van der Waals surface area contributed by atoms with E-state index >= 15 is 0 Å². The molecule has 4 heteroatoms. The highest BCUT2D eigenvalue weighted by atomic mass is 19.1. The molecule has 0 bridgehead atoms. The first kappa shape index (κ1) is 14.9. The zero-order valence-corrected chi connectivity index (χ0v) is 11.9. The molecule has 0 heterocycles. The van der Waals surface area contributed by atoms with Crippen molar-refractivity contribution in [3.8, 4) is 11.8 Å². The minimum atomic E-state index is -0.233. The topological polar surface area (TPSA) is 36.3 Å². The van der Waals surface area contributed by atoms with E-state index in [0.29, 0.717) is 18.7 Å². The molecule has 108 valence electrons. The first-order valence-electron chi connectivity index (χ1n) is 6.86. The molecule has 0 spiro atoms. The maximum absolute atomic E-state index is 12.9. The molecule has 0 fully saturated rings. The van der Waals surface area contributed by atoms with Crippen LogP contribution in [0.5, 0.6) is 5.75 Å². The van der Waals surface area contributed by atoms with Crippen molar-refractivity contribution in [2.75, 3.05) is 24.6 Å². The highest BCUT2D eigenvalue weighted by Crippen LogP contribution is 2.15. The molecule has 0 saturated heterocycles. The molecule has 0 saturated carbocycles. The van der Waals surface area contributed by atoms with Gasteiger partial charge in [0.1, 0.15) is 18.2 Å². The van der Waals surface area contributed by atoms with Crippen LogP contribution >= 0.6 is 0 Å². The fourth-order valence-electron chi connectivity index (χ4n) is 2.02. The van der Waals surface area contributed by atoms with Crippen molar-refractivity contribution < 1.29 is 9.13 Å². The van der Waals surface area contributed by atoms with E-state index in [4.69, 9.17) is 10.00 Å². The normalized spacial score (nSPS) is 9.95. The molecule has 0 aliphatic rings. The van der Waals surface area contributed by atoms with Crippen LogP contribution in [0.25, 0.3) is 0 Å². The largest absolute Gasteiger partial charge is 0.492 e. The highest BCUT2D eigenvalue weighted by Gasteiger charge is 2.04. The average Bonchev–Trinajstić information content (AvgIpc) is 2.53. The Morgan fingerprint density at radius 1 is 1.10 bits per heavy atom. The Kier molecular flexibility index (Phi) is 5.16. The third kappa shape index (κ3) is 4.22. The SMILES string of the molecule is CCN(CCOc1ccc(C#N)cc1)c1ccc(F)cc1. The predicted molar refractivity (Wildman–Crippen MR) is 80.9 cm³/mol. The summed E-state index contributed by atoms with van der Waals surface area (Å²) in [4.78, 5) is 2.11. The van der Waals surface area contributed by atoms with Gasteiger partial charge in [0, 0.05) is 12.2 Å². The second kappa shape index (κ2) is 7.30. The lowest BCUT2D eigenvalue weighted by Crippen LogP contribution is -2.28. The standard InChI is InChI=1S/C17H17FN2O/c1-2-20(16-7-5-15(18)6-8-16)11-12-21-17-9-3-14(13-19)4-10-17/h3-10H,2,11-12H2,1H3. The van der Waals surface area contributed by atoms with Crippen LogP contribution in [0.2, 0.25) is 0 Å². The zero-order chi connectivity index (χ0) is 15.1. The Hall–Kier alpha value is -2.54. The van der Waals surface area contributed by atoms with E-state index in [9.17, 15) is 4.39 Å². The van der Waals surface area contributed by atoms with Gasteiger partial charge in [-0.3, -0.25) is 0 Å². The molecule has 0 aromatic heterocycles. The van der Waals surface area contributed by atoms with Gasteiger partial charge in [-0.1, -0.05) is 0 Å². The number of benzene rings is 2. The summed E-state index contributed by atoms with van der Waals surface area (Å²) in [5.74, 6) is 0.507. The van der Waals surface area contributed by atoms with Gasteiger partial charge in [-0.05, 0) is 55.5 Å². The molecular weight excluding hydrogens is 267 g/mol. The number of ether oxygens (including phenoxy) is 1. The molecule has 3 nitrogen and oxygen atoms in total. The third-order valence-electron chi connectivity index (χ3n) is 3.19. The molecule has 0 unspecified atom stereocenters. The minimum absolute atomic E-state index is 0.233. The summed E-state index contributed by atoms with van der Waals surface area (Å²) in [5, 5.41) is 8.73. The quantitative estimate of drug-likeness (QED) is 0.813. The van der Waals surface area contributed by atoms with Gasteiger partial charge in [0.05, 0.1) is 18.2 Å². The van der Waals surface area contributed by atoms with E-state index in [2.05, 4.69) is 11.0 Å². The van der Waals surface area contributed by atoms with Crippen LogP contribution in [-0.4, -0.2) is 19.7 Å². The minimum Gasteiger partial charge on any atom is -0.492 e. The number of nitriles is 1. The Labute approximate surface area is 124 Å². The monoisotopic (exact) mass is 284 g/mol. The van der Waals surface area contributed by atoms with E-state index in [1.165, 1.54) is 12.1 Å². The van der Waals surface area contributed by atoms with Crippen molar-refractivity contribution in [1.82, 2.24) is 0 Å². The number of anilines is 1. The van der Waals surface area contributed by atoms with Crippen LogP contribution in [-0.2, 0) is 0 Å². The highest BCUT2D eigenvalue weighted by molar-refractivity contribution is 5.46. The lowest BCUT2D eigenvalue weighted by atomic mass is 10.2. The van der Waals surface area contributed by atoms with Crippen LogP contribution in [0, 0.1) is 17.1 Å². The summed E-state index contributed by atoms with van der Waals surface area (Å²) in [6, 6.07) is 15.5. The molecule has 2 aromatic rings. The van der Waals surface area contributed by atoms with Crippen molar-refractivity contribution in [3.05, 3.63) is 59.9 Å². The molecule has 21 heavy (non-hydrogen) atoms. The average molecular weight is 284 g/mol. The smallest absolute Gasteiger partial charge is 0.123 e. The van der Waals surface area contributed by atoms with Crippen molar-refractivity contribution in [2.45, 2.75) is 6.92 Å². The van der Waals surface area contributed by atoms with Crippen molar-refractivity contribution in [2.24, 2.45) is 0 Å². The molecule has 0 amide bonds. The number of nitrogens with zero attached hydrogens (tertiary/aromatic N) is 2. The summed E-state index contributed by atoms with van der Waals surface area (Å²) >= 11 is 0. The summed E-state index contributed by atoms with van der Waals surface area (Å²) < 4.78 is 18.6. The van der Waals surface area contributed by atoms with Crippen LogP contribution in [0.15, 0.2) is 48.5 Å². The summed E-state index contributed by atoms with van der Waals surface area (Å²) in [7, 11) is 0. The number of likely N-dealkylation sites (N-methyl/N-ethyl adjacent to an activating group) is 1. The fourth-order valence-corrected chi connectivity index (χ4v) is 2.02. The summed E-state index contributed by atoms with van der Waals surface area (Å²) in [6.45, 7) is 4.10. The Morgan fingerprint density at radius 3 is 2.33 bits per heavy atom. The lowest BCUT2D eigenvalue weighted by molar-refractivity contribution is 0.324. The molecule has 0 aliphatic carbocycles. The maximum atomic E-state index is 12.9. The van der Waals surface area contributed by atoms with Gasteiger partial charge in [-0.25, -0.2) is 4.39 Å². The van der Waals surface area contributed by atoms with Crippen LogP contribution < -0.4 is 9.64 Å². The van der Waals surface area contributed by atoms with Crippen molar-refractivity contribution in [1.29, 1.82) is 5.26 Å². The summed E-state index contributed by atoms with van der Waals surface area (Å²) in [6.07, 6.45) is 0. The Balaban J connectivity index is 1.88. The van der Waals surface area contributed by atoms with Crippen LogP contribution in [0.4, 0.5) is 10.1 Å². The van der Waals surface area contributed by atoms with Gasteiger partial charge >= 0.3 is 0 Å². The maximum Gasteiger partial charge on any atom is 0.123 e. The van der Waals surface area contributed by atoms with Gasteiger partial charge in [0.2, 0.25) is 0 Å². The molecule has 2 aromatic carbocycles. The molecule has 2 rings (SSSR count). The number of hydrogen-bond acceptors (Lipinski definition) is 3. The van der Waals surface area contributed by atoms with Gasteiger partial charge in [-0.15, -0.1) is 0 Å². The first-order valence-corrected chi connectivity index (χ1v) is 6.86. The molecular formula is C17H17FN2O. The molecule has 0 N–H and O–H groups in total. The van der Waals surface area contributed by atoms with Gasteiger partial charge in [-0.2, -0.15) is 5.26 Å². The predicted octanol–water partition coefficient (Wildman–Crippen LogP) is 3.60. The number of halogens is 1. The van der Waals surface area contributed by atoms with Gasteiger partial charge < -0.3 is 9.64 Å². The number of rotatable bonds is 6. The Morgan fingerprint density at radius 2 is 1.76 bits per heavy atom. The van der Waals surface area contributed by atoms with E-state index in [1.807, 2.05) is 6.92 Å². The number of hydrogen-bond donors (Lipinski definition) is 0. The first-order chi connectivity index (χ1) is 10.2. The van der Waals surface area contributed by atoms with E-state index in [-0.39, 0.29) is 5.82 Å². The molecule has 0 atom stereocenters. The second-order valence-electron chi connectivity index (χ2n) is 4.54. The Bertz CT molecular complexity index is 602. The second-order valence-corrected chi connectivity index (χ2v) is 4.54. The lowest BCUT2D eigenvalue weighted by Gasteiger charge is -2.23. The van der Waals surface area contributed by atoms with Gasteiger partial charge in [0.25, 0.3) is 0 Å². The van der Waals surface area contributed by atoms with Crippen molar-refractivity contribution >= 4 is 5.69 Å². The third-order valence-corrected chi connectivity index (χ3v) is 3.19. The van der Waals surface area contributed by atoms with E-state index in [1.54, 1.807) is 36.4 Å². The molecule has 0 radical (unpaired) electrons.